The van der Waals surface area contributed by atoms with Gasteiger partial charge in [0.1, 0.15) is 5.75 Å². The van der Waals surface area contributed by atoms with E-state index in [4.69, 9.17) is 4.74 Å². The van der Waals surface area contributed by atoms with Gasteiger partial charge in [-0.3, -0.25) is 0 Å². The summed E-state index contributed by atoms with van der Waals surface area (Å²) in [5.74, 6) is 1.12. The summed E-state index contributed by atoms with van der Waals surface area (Å²) < 4.78 is 6.00. The summed E-state index contributed by atoms with van der Waals surface area (Å²) >= 11 is 3.71. The van der Waals surface area contributed by atoms with E-state index >= 15 is 0 Å². The largest absolute Gasteiger partial charge is 0.508 e. The number of halogens is 1. The van der Waals surface area contributed by atoms with Crippen LogP contribution in [0, 0.1) is 11.3 Å². The molecule has 1 N–H and O–H groups in total. The molecule has 1 heterocycles. The highest BCUT2D eigenvalue weighted by Gasteiger charge is 2.50. The van der Waals surface area contributed by atoms with Crippen LogP contribution in [0.2, 0.25) is 0 Å². The lowest BCUT2D eigenvalue weighted by Crippen LogP contribution is -2.36. The summed E-state index contributed by atoms with van der Waals surface area (Å²) in [4.78, 5) is 0. The van der Waals surface area contributed by atoms with Crippen molar-refractivity contribution in [3.63, 3.8) is 0 Å². The minimum absolute atomic E-state index is 0.248. The van der Waals surface area contributed by atoms with Crippen molar-refractivity contribution in [2.75, 3.05) is 11.9 Å². The fraction of sp³-hybridized carbons (Fsp3) is 0.600. The van der Waals surface area contributed by atoms with Gasteiger partial charge in [0, 0.05) is 17.4 Å². The maximum absolute atomic E-state index is 9.36. The molecule has 0 radical (unpaired) electrons. The van der Waals surface area contributed by atoms with Crippen LogP contribution < -0.4 is 0 Å². The van der Waals surface area contributed by atoms with E-state index in [1.54, 1.807) is 12.1 Å². The molecule has 1 aliphatic carbocycles. The van der Waals surface area contributed by atoms with Crippen molar-refractivity contribution in [1.29, 1.82) is 0 Å². The molecule has 3 rings (SSSR count). The van der Waals surface area contributed by atoms with Gasteiger partial charge < -0.3 is 9.84 Å². The lowest BCUT2D eigenvalue weighted by Gasteiger charge is -2.32. The molecular formula is C15H19BrO2. The van der Waals surface area contributed by atoms with Crippen LogP contribution in [-0.2, 0) is 11.2 Å². The van der Waals surface area contributed by atoms with Crippen LogP contribution in [0.1, 0.15) is 24.8 Å². The second-order valence-corrected chi connectivity index (χ2v) is 6.28. The standard InChI is InChI=1S/C15H19BrO2/c16-10-15(7-8-18-14(15)12-3-4-12)9-11-1-5-13(17)6-2-11/h1-2,5-6,12,14,17H,3-4,7-10H2. The molecule has 0 bridgehead atoms. The number of alkyl halides is 1. The first kappa shape index (κ1) is 12.5. The van der Waals surface area contributed by atoms with Gasteiger partial charge in [0.2, 0.25) is 0 Å². The number of rotatable bonds is 4. The van der Waals surface area contributed by atoms with Gasteiger partial charge >= 0.3 is 0 Å². The van der Waals surface area contributed by atoms with E-state index in [1.807, 2.05) is 12.1 Å². The number of phenols is 1. The third kappa shape index (κ3) is 2.30. The van der Waals surface area contributed by atoms with Crippen molar-refractivity contribution >= 4 is 15.9 Å². The van der Waals surface area contributed by atoms with Crippen LogP contribution in [-0.4, -0.2) is 23.1 Å². The quantitative estimate of drug-likeness (QED) is 0.862. The molecule has 1 saturated heterocycles. The molecule has 3 heteroatoms. The average Bonchev–Trinajstić information content (AvgIpc) is 3.14. The van der Waals surface area contributed by atoms with E-state index in [0.717, 1.165) is 30.7 Å². The van der Waals surface area contributed by atoms with Crippen LogP contribution in [0.5, 0.6) is 5.75 Å². The smallest absolute Gasteiger partial charge is 0.115 e. The molecule has 0 amide bonds. The molecule has 98 valence electrons. The van der Waals surface area contributed by atoms with Gasteiger partial charge in [-0.1, -0.05) is 28.1 Å². The maximum atomic E-state index is 9.36. The van der Waals surface area contributed by atoms with Gasteiger partial charge in [0.05, 0.1) is 6.10 Å². The van der Waals surface area contributed by atoms with Crippen molar-refractivity contribution in [2.45, 2.75) is 31.8 Å². The Kier molecular flexibility index (Phi) is 3.37. The maximum Gasteiger partial charge on any atom is 0.115 e. The molecule has 0 aromatic heterocycles. The molecule has 2 atom stereocenters. The summed E-state index contributed by atoms with van der Waals surface area (Å²) in [6.45, 7) is 0.894. The average molecular weight is 311 g/mol. The molecule has 2 fully saturated rings. The molecule has 1 saturated carbocycles. The second-order valence-electron chi connectivity index (χ2n) is 5.72. The third-order valence-corrected chi connectivity index (χ3v) is 5.43. The molecule has 1 aromatic rings. The normalized spacial score (nSPS) is 31.7. The lowest BCUT2D eigenvalue weighted by atomic mass is 9.76. The molecule has 18 heavy (non-hydrogen) atoms. The molecule has 2 unspecified atom stereocenters. The van der Waals surface area contributed by atoms with E-state index in [0.29, 0.717) is 11.9 Å². The summed E-state index contributed by atoms with van der Waals surface area (Å²) in [5.41, 5.74) is 1.54. The zero-order chi connectivity index (χ0) is 12.6. The minimum Gasteiger partial charge on any atom is -0.508 e. The summed E-state index contributed by atoms with van der Waals surface area (Å²) in [7, 11) is 0. The number of hydrogen-bond acceptors (Lipinski definition) is 2. The van der Waals surface area contributed by atoms with Gasteiger partial charge in [0.25, 0.3) is 0 Å². The molecule has 1 aliphatic heterocycles. The first-order chi connectivity index (χ1) is 8.73. The number of hydrogen-bond donors (Lipinski definition) is 1. The number of aromatic hydroxyl groups is 1. The topological polar surface area (TPSA) is 29.5 Å². The van der Waals surface area contributed by atoms with Gasteiger partial charge in [-0.15, -0.1) is 0 Å². The number of phenolic OH excluding ortho intramolecular Hbond substituents is 1. The Bertz CT molecular complexity index is 413. The zero-order valence-electron chi connectivity index (χ0n) is 10.4. The highest BCUT2D eigenvalue weighted by atomic mass is 79.9. The van der Waals surface area contributed by atoms with Gasteiger partial charge in [-0.25, -0.2) is 0 Å². The Hall–Kier alpha value is -0.540. The van der Waals surface area contributed by atoms with Gasteiger partial charge in [-0.05, 0) is 49.3 Å². The van der Waals surface area contributed by atoms with Crippen LogP contribution >= 0.6 is 15.9 Å². The SMILES string of the molecule is Oc1ccc(CC2(CBr)CCOC2C2CC2)cc1. The predicted molar refractivity (Wildman–Crippen MR) is 75.1 cm³/mol. The summed E-state index contributed by atoms with van der Waals surface area (Å²) in [5, 5.41) is 10.4. The fourth-order valence-electron chi connectivity index (χ4n) is 3.14. The number of benzene rings is 1. The highest BCUT2D eigenvalue weighted by molar-refractivity contribution is 9.09. The molecule has 1 aromatic carbocycles. The Labute approximate surface area is 116 Å². The van der Waals surface area contributed by atoms with Crippen LogP contribution in [0.4, 0.5) is 0 Å². The van der Waals surface area contributed by atoms with Gasteiger partial charge in [0.15, 0.2) is 0 Å². The van der Waals surface area contributed by atoms with E-state index in [1.165, 1.54) is 18.4 Å². The van der Waals surface area contributed by atoms with Gasteiger partial charge in [-0.2, -0.15) is 0 Å². The molecule has 0 spiro atoms. The number of ether oxygens (including phenoxy) is 1. The Morgan fingerprint density at radius 1 is 1.28 bits per heavy atom. The summed E-state index contributed by atoms with van der Waals surface area (Å²) in [6.07, 6.45) is 5.26. The first-order valence-electron chi connectivity index (χ1n) is 6.69. The van der Waals surface area contributed by atoms with E-state index in [9.17, 15) is 5.11 Å². The van der Waals surface area contributed by atoms with Crippen molar-refractivity contribution in [1.82, 2.24) is 0 Å². The van der Waals surface area contributed by atoms with E-state index in [-0.39, 0.29) is 5.41 Å². The van der Waals surface area contributed by atoms with Crippen molar-refractivity contribution in [3.05, 3.63) is 29.8 Å². The lowest BCUT2D eigenvalue weighted by molar-refractivity contribution is 0.0413. The highest BCUT2D eigenvalue weighted by Crippen LogP contribution is 2.50. The second kappa shape index (κ2) is 4.86. The van der Waals surface area contributed by atoms with Crippen molar-refractivity contribution in [2.24, 2.45) is 11.3 Å². The molecule has 2 aliphatic rings. The van der Waals surface area contributed by atoms with E-state index < -0.39 is 0 Å². The molecular weight excluding hydrogens is 292 g/mol. The Morgan fingerprint density at radius 3 is 2.61 bits per heavy atom. The summed E-state index contributed by atoms with van der Waals surface area (Å²) in [6, 6.07) is 7.61. The minimum atomic E-state index is 0.248. The van der Waals surface area contributed by atoms with E-state index in [2.05, 4.69) is 15.9 Å². The van der Waals surface area contributed by atoms with Crippen LogP contribution in [0.15, 0.2) is 24.3 Å². The van der Waals surface area contributed by atoms with Crippen LogP contribution in [0.3, 0.4) is 0 Å². The van der Waals surface area contributed by atoms with Crippen molar-refractivity contribution in [3.8, 4) is 5.75 Å². The fourth-order valence-corrected chi connectivity index (χ4v) is 3.94. The Morgan fingerprint density at radius 2 is 2.00 bits per heavy atom. The third-order valence-electron chi connectivity index (χ3n) is 4.31. The first-order valence-corrected chi connectivity index (χ1v) is 7.81. The predicted octanol–water partition coefficient (Wildman–Crippen LogP) is 3.51. The molecule has 2 nitrogen and oxygen atoms in total. The monoisotopic (exact) mass is 310 g/mol. The Balaban J connectivity index is 1.80. The van der Waals surface area contributed by atoms with Crippen LogP contribution in [0.25, 0.3) is 0 Å². The van der Waals surface area contributed by atoms with Crippen molar-refractivity contribution < 1.29 is 9.84 Å². The zero-order valence-corrected chi connectivity index (χ0v) is 12.0.